The number of nitrogens with two attached hydrogens (primary N) is 1. The number of fused-ring (bicyclic) bond motifs is 2. The van der Waals surface area contributed by atoms with Crippen LogP contribution in [0.25, 0.3) is 22.0 Å². The van der Waals surface area contributed by atoms with E-state index in [0.29, 0.717) is 52.7 Å². The summed E-state index contributed by atoms with van der Waals surface area (Å²) in [6.45, 7) is 4.51. The Morgan fingerprint density at radius 3 is 2.68 bits per heavy atom. The molecule has 2 aromatic heterocycles. The van der Waals surface area contributed by atoms with E-state index in [0.717, 1.165) is 16.9 Å². The Hall–Kier alpha value is -4.47. The van der Waals surface area contributed by atoms with E-state index in [2.05, 4.69) is 30.9 Å². The highest BCUT2D eigenvalue weighted by Gasteiger charge is 2.21. The number of amides is 1. The van der Waals surface area contributed by atoms with Crippen LogP contribution in [0.3, 0.4) is 0 Å². The first-order valence-electron chi connectivity index (χ1n) is 10.7. The highest BCUT2D eigenvalue weighted by molar-refractivity contribution is 5.96. The fourth-order valence-electron chi connectivity index (χ4n) is 3.89. The molecule has 0 aliphatic carbocycles. The van der Waals surface area contributed by atoms with Gasteiger partial charge in [0.25, 0.3) is 0 Å². The van der Waals surface area contributed by atoms with E-state index in [1.165, 1.54) is 13.1 Å². The number of anilines is 5. The molecule has 172 valence electrons. The average Bonchev–Trinajstić information content (AvgIpc) is 2.83. The molecule has 0 bridgehead atoms. The van der Waals surface area contributed by atoms with Crippen molar-refractivity contribution in [3.63, 3.8) is 0 Å². The number of carbonyl (C=O) groups excluding carboxylic acids is 1. The largest absolute Gasteiger partial charge is 0.474 e. The van der Waals surface area contributed by atoms with Crippen LogP contribution in [0.4, 0.5) is 33.1 Å². The molecule has 1 aliphatic heterocycles. The third-order valence-corrected chi connectivity index (χ3v) is 5.56. The van der Waals surface area contributed by atoms with Gasteiger partial charge in [-0.3, -0.25) is 4.79 Å². The molecular formula is C24H22FN7O2. The zero-order valence-electron chi connectivity index (χ0n) is 18.6. The van der Waals surface area contributed by atoms with Crippen LogP contribution in [0.15, 0.2) is 42.7 Å². The summed E-state index contributed by atoms with van der Waals surface area (Å²) in [6, 6.07) is 8.76. The summed E-state index contributed by atoms with van der Waals surface area (Å²) in [7, 11) is 0. The van der Waals surface area contributed by atoms with Crippen molar-refractivity contribution >= 4 is 45.5 Å². The molecule has 4 aromatic rings. The van der Waals surface area contributed by atoms with E-state index in [4.69, 9.17) is 10.5 Å². The van der Waals surface area contributed by atoms with Crippen LogP contribution in [0.5, 0.6) is 5.88 Å². The Labute approximate surface area is 194 Å². The number of benzene rings is 2. The van der Waals surface area contributed by atoms with Crippen LogP contribution in [-0.4, -0.2) is 34.0 Å². The lowest BCUT2D eigenvalue weighted by molar-refractivity contribution is -0.114. The van der Waals surface area contributed by atoms with Crippen LogP contribution in [0.2, 0.25) is 0 Å². The van der Waals surface area contributed by atoms with Gasteiger partial charge in [0.1, 0.15) is 12.3 Å². The van der Waals surface area contributed by atoms with Crippen molar-refractivity contribution in [1.82, 2.24) is 15.0 Å². The van der Waals surface area contributed by atoms with Gasteiger partial charge in [0.2, 0.25) is 17.7 Å². The van der Waals surface area contributed by atoms with Crippen LogP contribution in [-0.2, 0) is 4.79 Å². The first kappa shape index (κ1) is 21.4. The van der Waals surface area contributed by atoms with Crippen LogP contribution in [0.1, 0.15) is 12.5 Å². The Morgan fingerprint density at radius 1 is 1.15 bits per heavy atom. The third kappa shape index (κ3) is 3.90. The van der Waals surface area contributed by atoms with Gasteiger partial charge < -0.3 is 26.4 Å². The number of nitrogen functional groups attached to an aromatic ring is 1. The number of ether oxygens (including phenoxy) is 1. The molecule has 0 saturated heterocycles. The first-order valence-corrected chi connectivity index (χ1v) is 10.7. The third-order valence-electron chi connectivity index (χ3n) is 5.56. The van der Waals surface area contributed by atoms with Crippen LogP contribution < -0.4 is 26.4 Å². The summed E-state index contributed by atoms with van der Waals surface area (Å²) < 4.78 is 20.9. The van der Waals surface area contributed by atoms with Gasteiger partial charge in [-0.05, 0) is 42.8 Å². The summed E-state index contributed by atoms with van der Waals surface area (Å²) in [5, 5.41) is 9.50. The van der Waals surface area contributed by atoms with E-state index in [-0.39, 0.29) is 11.6 Å². The minimum absolute atomic E-state index is 0.0277. The zero-order chi connectivity index (χ0) is 23.8. The molecule has 5 rings (SSSR count). The molecule has 5 N–H and O–H groups in total. The molecule has 0 fully saturated rings. The van der Waals surface area contributed by atoms with Gasteiger partial charge in [-0.2, -0.15) is 0 Å². The second kappa shape index (κ2) is 8.47. The quantitative estimate of drug-likeness (QED) is 0.334. The lowest BCUT2D eigenvalue weighted by Crippen LogP contribution is -2.20. The van der Waals surface area contributed by atoms with Crippen molar-refractivity contribution < 1.29 is 13.9 Å². The van der Waals surface area contributed by atoms with Crippen molar-refractivity contribution in [2.24, 2.45) is 0 Å². The summed E-state index contributed by atoms with van der Waals surface area (Å²) in [4.78, 5) is 24.4. The molecule has 34 heavy (non-hydrogen) atoms. The summed E-state index contributed by atoms with van der Waals surface area (Å²) >= 11 is 0. The molecular weight excluding hydrogens is 437 g/mol. The Bertz CT molecular complexity index is 1420. The number of carbonyl (C=O) groups is 1. The lowest BCUT2D eigenvalue weighted by atomic mass is 9.98. The number of hydrogen-bond donors (Lipinski definition) is 4. The molecule has 1 amide bonds. The Kier molecular flexibility index (Phi) is 5.33. The maximum Gasteiger partial charge on any atom is 0.237 e. The monoisotopic (exact) mass is 459 g/mol. The standard InChI is InChI=1S/C24H22FN7O2/c1-12-17(10-28-23-22(12)27-7-8-34-23)16-9-19-18(21(26)20(16)25)11-29-24(32-19)31-15-5-3-14(4-6-15)30-13(2)33/h3-6,9-11,27H,7-8,26H2,1-2H3,(H,30,33)(H,29,31,32). The second-order valence-electron chi connectivity index (χ2n) is 7.91. The zero-order valence-corrected chi connectivity index (χ0v) is 18.6. The molecule has 0 atom stereocenters. The maximum absolute atomic E-state index is 15.3. The normalized spacial score (nSPS) is 12.4. The molecule has 0 spiro atoms. The Balaban J connectivity index is 1.52. The fraction of sp³-hybridized carbons (Fsp3) is 0.167. The molecule has 10 heteroatoms. The minimum Gasteiger partial charge on any atom is -0.474 e. The fourth-order valence-corrected chi connectivity index (χ4v) is 3.89. The predicted octanol–water partition coefficient (Wildman–Crippen LogP) is 4.23. The highest BCUT2D eigenvalue weighted by atomic mass is 19.1. The minimum atomic E-state index is -0.549. The number of pyridine rings is 1. The van der Waals surface area contributed by atoms with E-state index < -0.39 is 5.82 Å². The van der Waals surface area contributed by atoms with E-state index in [9.17, 15) is 4.79 Å². The van der Waals surface area contributed by atoms with E-state index in [1.54, 1.807) is 36.5 Å². The molecule has 0 saturated carbocycles. The second-order valence-corrected chi connectivity index (χ2v) is 7.91. The number of nitrogens with one attached hydrogen (secondary N) is 3. The van der Waals surface area contributed by atoms with Gasteiger partial charge in [-0.1, -0.05) is 0 Å². The number of nitrogens with zero attached hydrogens (tertiary/aromatic N) is 3. The van der Waals surface area contributed by atoms with Crippen molar-refractivity contribution in [3.05, 3.63) is 54.1 Å². The van der Waals surface area contributed by atoms with Gasteiger partial charge >= 0.3 is 0 Å². The topological polar surface area (TPSA) is 127 Å². The molecule has 2 aromatic carbocycles. The van der Waals surface area contributed by atoms with Crippen molar-refractivity contribution in [1.29, 1.82) is 0 Å². The van der Waals surface area contributed by atoms with Gasteiger partial charge in [0.05, 0.1) is 11.2 Å². The predicted molar refractivity (Wildman–Crippen MR) is 130 cm³/mol. The summed E-state index contributed by atoms with van der Waals surface area (Å²) in [6.07, 6.45) is 3.08. The number of halogens is 1. The highest BCUT2D eigenvalue weighted by Crippen LogP contribution is 2.39. The van der Waals surface area contributed by atoms with Crippen molar-refractivity contribution in [2.75, 3.05) is 34.8 Å². The average molecular weight is 459 g/mol. The number of aromatic nitrogens is 3. The molecule has 0 unspecified atom stereocenters. The van der Waals surface area contributed by atoms with Gasteiger partial charge in [-0.25, -0.2) is 19.3 Å². The molecule has 1 aliphatic rings. The van der Waals surface area contributed by atoms with Crippen LogP contribution >= 0.6 is 0 Å². The number of rotatable bonds is 4. The first-order chi connectivity index (χ1) is 16.4. The smallest absolute Gasteiger partial charge is 0.237 e. The molecule has 9 nitrogen and oxygen atoms in total. The summed E-state index contributed by atoms with van der Waals surface area (Å²) in [5.74, 6) is 0.130. The van der Waals surface area contributed by atoms with Gasteiger partial charge in [0.15, 0.2) is 5.82 Å². The molecule has 0 radical (unpaired) electrons. The van der Waals surface area contributed by atoms with Gasteiger partial charge in [0, 0.05) is 53.8 Å². The lowest BCUT2D eigenvalue weighted by Gasteiger charge is -2.22. The van der Waals surface area contributed by atoms with E-state index in [1.807, 2.05) is 6.92 Å². The van der Waals surface area contributed by atoms with Crippen molar-refractivity contribution in [3.8, 4) is 17.0 Å². The maximum atomic E-state index is 15.3. The SMILES string of the molecule is CC(=O)Nc1ccc(Nc2ncc3c(N)c(F)c(-c4cnc5c(c4C)NCCO5)cc3n2)cc1. The summed E-state index contributed by atoms with van der Waals surface area (Å²) in [5.41, 5.74) is 10.5. The van der Waals surface area contributed by atoms with Crippen molar-refractivity contribution in [2.45, 2.75) is 13.8 Å². The Morgan fingerprint density at radius 2 is 1.91 bits per heavy atom. The van der Waals surface area contributed by atoms with E-state index >= 15 is 4.39 Å². The van der Waals surface area contributed by atoms with Gasteiger partial charge in [-0.15, -0.1) is 0 Å². The molecule has 3 heterocycles. The number of hydrogen-bond acceptors (Lipinski definition) is 8. The van der Waals surface area contributed by atoms with Crippen LogP contribution in [0, 0.1) is 12.7 Å².